The maximum atomic E-state index is 12.1. The van der Waals surface area contributed by atoms with Gasteiger partial charge >= 0.3 is 0 Å². The summed E-state index contributed by atoms with van der Waals surface area (Å²) in [5.41, 5.74) is 0.621. The summed E-state index contributed by atoms with van der Waals surface area (Å²) >= 11 is 0. The summed E-state index contributed by atoms with van der Waals surface area (Å²) in [7, 11) is 0. The first-order chi connectivity index (χ1) is 10.2. The summed E-state index contributed by atoms with van der Waals surface area (Å²) in [4.78, 5) is 12.1. The van der Waals surface area contributed by atoms with Crippen molar-refractivity contribution in [2.75, 3.05) is 13.2 Å². The number of carbonyl (C=O) groups is 1. The van der Waals surface area contributed by atoms with Crippen LogP contribution in [0.15, 0.2) is 36.6 Å². The van der Waals surface area contributed by atoms with Crippen LogP contribution in [0, 0.1) is 0 Å². The maximum Gasteiger partial charge on any atom is 0.251 e. The molecule has 0 radical (unpaired) electrons. The van der Waals surface area contributed by atoms with Gasteiger partial charge in [0.25, 0.3) is 5.91 Å². The van der Waals surface area contributed by atoms with Crippen LogP contribution in [-0.2, 0) is 4.74 Å². The Morgan fingerprint density at radius 1 is 1.38 bits per heavy atom. The molecule has 21 heavy (non-hydrogen) atoms. The molecular weight excluding hydrogens is 266 g/mol. The molecule has 1 aromatic rings. The minimum Gasteiger partial charge on any atom is -0.496 e. The molecule has 0 bridgehead atoms. The SMILES string of the molecule is C=C1OCCC1NC(=O)c1ccc(OCCCCC)cc1. The number of hydrogen-bond donors (Lipinski definition) is 1. The molecule has 2 rings (SSSR count). The number of nitrogens with one attached hydrogen (secondary N) is 1. The number of amides is 1. The van der Waals surface area contributed by atoms with Crippen molar-refractivity contribution in [1.29, 1.82) is 0 Å². The van der Waals surface area contributed by atoms with Crippen LogP contribution in [0.1, 0.15) is 43.0 Å². The van der Waals surface area contributed by atoms with Gasteiger partial charge in [0, 0.05) is 12.0 Å². The van der Waals surface area contributed by atoms with Gasteiger partial charge < -0.3 is 14.8 Å². The van der Waals surface area contributed by atoms with Gasteiger partial charge in [-0.3, -0.25) is 4.79 Å². The smallest absolute Gasteiger partial charge is 0.251 e. The predicted molar refractivity (Wildman–Crippen MR) is 82.4 cm³/mol. The molecule has 0 aromatic heterocycles. The van der Waals surface area contributed by atoms with Crippen molar-refractivity contribution < 1.29 is 14.3 Å². The fraction of sp³-hybridized carbons (Fsp3) is 0.471. The van der Waals surface area contributed by atoms with Gasteiger partial charge in [0.1, 0.15) is 11.5 Å². The van der Waals surface area contributed by atoms with Gasteiger partial charge in [0.2, 0.25) is 0 Å². The minimum absolute atomic E-state index is 0.0810. The molecule has 1 saturated heterocycles. The molecule has 1 fully saturated rings. The van der Waals surface area contributed by atoms with E-state index < -0.39 is 0 Å². The number of hydrogen-bond acceptors (Lipinski definition) is 3. The molecule has 1 N–H and O–H groups in total. The van der Waals surface area contributed by atoms with Crippen molar-refractivity contribution in [3.05, 3.63) is 42.2 Å². The molecule has 1 aliphatic rings. The van der Waals surface area contributed by atoms with E-state index in [1.165, 1.54) is 12.8 Å². The first-order valence-electron chi connectivity index (χ1n) is 7.56. The van der Waals surface area contributed by atoms with E-state index in [-0.39, 0.29) is 11.9 Å². The van der Waals surface area contributed by atoms with Gasteiger partial charge in [-0.25, -0.2) is 0 Å². The Hall–Kier alpha value is -1.97. The first kappa shape index (κ1) is 15.4. The van der Waals surface area contributed by atoms with Crippen LogP contribution in [-0.4, -0.2) is 25.2 Å². The molecule has 0 spiro atoms. The lowest BCUT2D eigenvalue weighted by molar-refractivity contribution is 0.0941. The van der Waals surface area contributed by atoms with Crippen molar-refractivity contribution in [3.8, 4) is 5.75 Å². The number of unbranched alkanes of at least 4 members (excludes halogenated alkanes) is 2. The largest absolute Gasteiger partial charge is 0.496 e. The van der Waals surface area contributed by atoms with Crippen molar-refractivity contribution in [3.63, 3.8) is 0 Å². The number of carbonyl (C=O) groups excluding carboxylic acids is 1. The average molecular weight is 289 g/mol. The second kappa shape index (κ2) is 7.72. The van der Waals surface area contributed by atoms with Crippen LogP contribution in [0.4, 0.5) is 0 Å². The standard InChI is InChI=1S/C17H23NO3/c1-3-4-5-11-21-15-8-6-14(7-9-15)17(19)18-16-10-12-20-13(16)2/h6-9,16H,2-5,10-12H2,1H3,(H,18,19). The third kappa shape index (κ3) is 4.52. The molecule has 1 aliphatic heterocycles. The molecule has 4 nitrogen and oxygen atoms in total. The quantitative estimate of drug-likeness (QED) is 0.784. The fourth-order valence-electron chi connectivity index (χ4n) is 2.21. The van der Waals surface area contributed by atoms with Gasteiger partial charge in [-0.15, -0.1) is 0 Å². The van der Waals surface area contributed by atoms with Gasteiger partial charge in [-0.1, -0.05) is 26.3 Å². The fourth-order valence-corrected chi connectivity index (χ4v) is 2.21. The number of benzene rings is 1. The Balaban J connectivity index is 1.83. The summed E-state index contributed by atoms with van der Waals surface area (Å²) in [6, 6.07) is 7.15. The molecule has 1 amide bonds. The Bertz CT molecular complexity index is 481. The third-order valence-electron chi connectivity index (χ3n) is 3.52. The number of rotatable bonds is 7. The molecule has 4 heteroatoms. The van der Waals surface area contributed by atoms with Gasteiger partial charge in [-0.05, 0) is 30.7 Å². The van der Waals surface area contributed by atoms with Gasteiger partial charge in [-0.2, -0.15) is 0 Å². The zero-order valence-electron chi connectivity index (χ0n) is 12.6. The average Bonchev–Trinajstić information content (AvgIpc) is 2.89. The summed E-state index contributed by atoms with van der Waals surface area (Å²) in [5, 5.41) is 2.92. The highest BCUT2D eigenvalue weighted by Gasteiger charge is 2.22. The lowest BCUT2D eigenvalue weighted by Crippen LogP contribution is -2.33. The first-order valence-corrected chi connectivity index (χ1v) is 7.56. The van der Waals surface area contributed by atoms with E-state index in [9.17, 15) is 4.79 Å². The van der Waals surface area contributed by atoms with E-state index >= 15 is 0 Å². The summed E-state index contributed by atoms with van der Waals surface area (Å²) in [5.74, 6) is 1.33. The molecule has 1 unspecified atom stereocenters. The Labute approximate surface area is 126 Å². The Kier molecular flexibility index (Phi) is 5.67. The van der Waals surface area contributed by atoms with E-state index in [0.29, 0.717) is 17.9 Å². The van der Waals surface area contributed by atoms with Crippen LogP contribution < -0.4 is 10.1 Å². The molecule has 114 valence electrons. The van der Waals surface area contributed by atoms with Crippen molar-refractivity contribution in [2.45, 2.75) is 38.6 Å². The summed E-state index contributed by atoms with van der Waals surface area (Å²) in [6.07, 6.45) is 4.19. The highest BCUT2D eigenvalue weighted by atomic mass is 16.5. The van der Waals surface area contributed by atoms with E-state index in [2.05, 4.69) is 18.8 Å². The zero-order valence-corrected chi connectivity index (χ0v) is 12.6. The van der Waals surface area contributed by atoms with E-state index in [1.807, 2.05) is 12.1 Å². The van der Waals surface area contributed by atoms with Crippen LogP contribution >= 0.6 is 0 Å². The molecule has 1 atom stereocenters. The lowest BCUT2D eigenvalue weighted by atomic mass is 10.1. The van der Waals surface area contributed by atoms with E-state index in [1.54, 1.807) is 12.1 Å². The lowest BCUT2D eigenvalue weighted by Gasteiger charge is -2.12. The van der Waals surface area contributed by atoms with Crippen LogP contribution in [0.5, 0.6) is 5.75 Å². The highest BCUT2D eigenvalue weighted by Crippen LogP contribution is 2.17. The summed E-state index contributed by atoms with van der Waals surface area (Å²) in [6.45, 7) is 7.29. The van der Waals surface area contributed by atoms with E-state index in [4.69, 9.17) is 9.47 Å². The summed E-state index contributed by atoms with van der Waals surface area (Å²) < 4.78 is 10.9. The Morgan fingerprint density at radius 3 is 2.76 bits per heavy atom. The minimum atomic E-state index is -0.107. The third-order valence-corrected chi connectivity index (χ3v) is 3.52. The zero-order chi connectivity index (χ0) is 15.1. The van der Waals surface area contributed by atoms with Crippen molar-refractivity contribution in [2.24, 2.45) is 0 Å². The van der Waals surface area contributed by atoms with Crippen molar-refractivity contribution >= 4 is 5.91 Å². The van der Waals surface area contributed by atoms with Crippen LogP contribution in [0.2, 0.25) is 0 Å². The molecule has 0 aliphatic carbocycles. The topological polar surface area (TPSA) is 47.6 Å². The monoisotopic (exact) mass is 289 g/mol. The van der Waals surface area contributed by atoms with Crippen molar-refractivity contribution in [1.82, 2.24) is 5.32 Å². The maximum absolute atomic E-state index is 12.1. The van der Waals surface area contributed by atoms with Gasteiger partial charge in [0.15, 0.2) is 0 Å². The predicted octanol–water partition coefficient (Wildman–Crippen LogP) is 3.29. The second-order valence-corrected chi connectivity index (χ2v) is 5.21. The van der Waals surface area contributed by atoms with Crippen LogP contribution in [0.25, 0.3) is 0 Å². The highest BCUT2D eigenvalue weighted by molar-refractivity contribution is 5.94. The Morgan fingerprint density at radius 2 is 2.14 bits per heavy atom. The molecule has 1 heterocycles. The molecule has 1 aromatic carbocycles. The van der Waals surface area contributed by atoms with Gasteiger partial charge in [0.05, 0.1) is 19.3 Å². The molecular formula is C17H23NO3. The van der Waals surface area contributed by atoms with Crippen LogP contribution in [0.3, 0.4) is 0 Å². The van der Waals surface area contributed by atoms with E-state index in [0.717, 1.165) is 25.2 Å². The second-order valence-electron chi connectivity index (χ2n) is 5.21. The normalized spacial score (nSPS) is 17.4. The molecule has 0 saturated carbocycles. The number of ether oxygens (including phenoxy) is 2.